The molecule has 0 spiro atoms. The molecule has 3 rings (SSSR count). The van der Waals surface area contributed by atoms with Gasteiger partial charge in [-0.2, -0.15) is 0 Å². The van der Waals surface area contributed by atoms with Gasteiger partial charge in [0.05, 0.1) is 32.4 Å². The van der Waals surface area contributed by atoms with E-state index in [4.69, 9.17) is 9.47 Å². The SMILES string of the molecule is COc1cc2ncnc(NC(CO)c3ccccc3)c2cc1OC. The standard InChI is InChI=1S/C18H19N3O3/c1-23-16-8-13-14(9-17(16)24-2)19-11-20-18(13)21-15(10-22)12-6-4-3-5-7-12/h3-9,11,15,22H,10H2,1-2H3,(H,19,20,21). The van der Waals surface area contributed by atoms with Gasteiger partial charge in [0, 0.05) is 11.5 Å². The van der Waals surface area contributed by atoms with Crippen LogP contribution in [-0.4, -0.2) is 35.9 Å². The second-order valence-corrected chi connectivity index (χ2v) is 5.24. The molecule has 24 heavy (non-hydrogen) atoms. The van der Waals surface area contributed by atoms with Gasteiger partial charge in [-0.1, -0.05) is 30.3 Å². The topological polar surface area (TPSA) is 76.5 Å². The molecule has 0 saturated carbocycles. The third kappa shape index (κ3) is 3.09. The highest BCUT2D eigenvalue weighted by Gasteiger charge is 2.15. The first-order valence-electron chi connectivity index (χ1n) is 7.56. The predicted octanol–water partition coefficient (Wildman–Crippen LogP) is 2.79. The summed E-state index contributed by atoms with van der Waals surface area (Å²) in [6, 6.07) is 13.1. The van der Waals surface area contributed by atoms with Crippen LogP contribution in [0.25, 0.3) is 10.9 Å². The third-order valence-corrected chi connectivity index (χ3v) is 3.84. The summed E-state index contributed by atoms with van der Waals surface area (Å²) >= 11 is 0. The largest absolute Gasteiger partial charge is 0.493 e. The number of hydrogen-bond donors (Lipinski definition) is 2. The van der Waals surface area contributed by atoms with E-state index in [1.807, 2.05) is 36.4 Å². The molecule has 0 bridgehead atoms. The van der Waals surface area contributed by atoms with Gasteiger partial charge in [0.25, 0.3) is 0 Å². The summed E-state index contributed by atoms with van der Waals surface area (Å²) in [6.45, 7) is -0.0528. The summed E-state index contributed by atoms with van der Waals surface area (Å²) in [6.07, 6.45) is 1.48. The molecule has 0 amide bonds. The molecule has 0 fully saturated rings. The number of hydrogen-bond acceptors (Lipinski definition) is 6. The average Bonchev–Trinajstić information content (AvgIpc) is 2.65. The first-order valence-corrected chi connectivity index (χ1v) is 7.56. The lowest BCUT2D eigenvalue weighted by atomic mass is 10.1. The number of aromatic nitrogens is 2. The smallest absolute Gasteiger partial charge is 0.162 e. The monoisotopic (exact) mass is 325 g/mol. The van der Waals surface area contributed by atoms with E-state index in [1.165, 1.54) is 6.33 Å². The highest BCUT2D eigenvalue weighted by molar-refractivity contribution is 5.91. The van der Waals surface area contributed by atoms with Crippen molar-refractivity contribution in [3.63, 3.8) is 0 Å². The van der Waals surface area contributed by atoms with Gasteiger partial charge in [-0.15, -0.1) is 0 Å². The maximum absolute atomic E-state index is 9.75. The number of benzene rings is 2. The zero-order chi connectivity index (χ0) is 16.9. The minimum Gasteiger partial charge on any atom is -0.493 e. The Labute approximate surface area is 140 Å². The first-order chi connectivity index (χ1) is 11.8. The van der Waals surface area contributed by atoms with Crippen LogP contribution in [-0.2, 0) is 0 Å². The Bertz CT molecular complexity index is 824. The Morgan fingerprint density at radius 2 is 1.75 bits per heavy atom. The van der Waals surface area contributed by atoms with Gasteiger partial charge in [-0.25, -0.2) is 9.97 Å². The van der Waals surface area contributed by atoms with Crippen molar-refractivity contribution in [1.82, 2.24) is 9.97 Å². The molecule has 0 saturated heterocycles. The highest BCUT2D eigenvalue weighted by atomic mass is 16.5. The van der Waals surface area contributed by atoms with Gasteiger partial charge in [-0.05, 0) is 11.6 Å². The van der Waals surface area contributed by atoms with Crippen molar-refractivity contribution in [3.05, 3.63) is 54.4 Å². The fourth-order valence-electron chi connectivity index (χ4n) is 2.58. The maximum atomic E-state index is 9.75. The first kappa shape index (κ1) is 16.0. The summed E-state index contributed by atoms with van der Waals surface area (Å²) in [5.74, 6) is 1.84. The number of ether oxygens (including phenoxy) is 2. The molecule has 1 heterocycles. The predicted molar refractivity (Wildman–Crippen MR) is 92.5 cm³/mol. The summed E-state index contributed by atoms with van der Waals surface area (Å²) in [5.41, 5.74) is 1.71. The van der Waals surface area contributed by atoms with Crippen molar-refractivity contribution >= 4 is 16.7 Å². The Kier molecular flexibility index (Phi) is 4.77. The molecule has 124 valence electrons. The van der Waals surface area contributed by atoms with E-state index < -0.39 is 0 Å². The van der Waals surface area contributed by atoms with E-state index in [1.54, 1.807) is 20.3 Å². The van der Waals surface area contributed by atoms with Crippen LogP contribution in [0.1, 0.15) is 11.6 Å². The molecule has 3 aromatic rings. The average molecular weight is 325 g/mol. The third-order valence-electron chi connectivity index (χ3n) is 3.84. The van der Waals surface area contributed by atoms with E-state index >= 15 is 0 Å². The van der Waals surface area contributed by atoms with Crippen LogP contribution in [0.3, 0.4) is 0 Å². The molecule has 6 heteroatoms. The van der Waals surface area contributed by atoms with Crippen LogP contribution < -0.4 is 14.8 Å². The fraction of sp³-hybridized carbons (Fsp3) is 0.222. The second kappa shape index (κ2) is 7.14. The van der Waals surface area contributed by atoms with Crippen molar-refractivity contribution < 1.29 is 14.6 Å². The molecule has 2 aromatic carbocycles. The lowest BCUT2D eigenvalue weighted by Gasteiger charge is -2.19. The minimum absolute atomic E-state index is 0.0528. The molecule has 0 radical (unpaired) electrons. The fourth-order valence-corrected chi connectivity index (χ4v) is 2.58. The maximum Gasteiger partial charge on any atom is 0.162 e. The molecule has 0 aliphatic carbocycles. The van der Waals surface area contributed by atoms with Crippen molar-refractivity contribution in [1.29, 1.82) is 0 Å². The number of fused-ring (bicyclic) bond motifs is 1. The molecule has 0 aliphatic rings. The lowest BCUT2D eigenvalue weighted by Crippen LogP contribution is -2.16. The molecular formula is C18H19N3O3. The summed E-state index contributed by atoms with van der Waals surface area (Å²) in [4.78, 5) is 8.60. The van der Waals surface area contributed by atoms with Crippen LogP contribution in [0.4, 0.5) is 5.82 Å². The summed E-state index contributed by atoms with van der Waals surface area (Å²) < 4.78 is 10.7. The second-order valence-electron chi connectivity index (χ2n) is 5.24. The van der Waals surface area contributed by atoms with Crippen molar-refractivity contribution in [2.75, 3.05) is 26.1 Å². The molecule has 0 aliphatic heterocycles. The Balaban J connectivity index is 2.02. The lowest BCUT2D eigenvalue weighted by molar-refractivity contribution is 0.276. The molecule has 1 atom stereocenters. The number of anilines is 1. The molecule has 2 N–H and O–H groups in total. The molecule has 1 unspecified atom stereocenters. The van der Waals surface area contributed by atoms with Crippen LogP contribution in [0.5, 0.6) is 11.5 Å². The minimum atomic E-state index is -0.266. The van der Waals surface area contributed by atoms with Gasteiger partial charge >= 0.3 is 0 Å². The van der Waals surface area contributed by atoms with E-state index in [-0.39, 0.29) is 12.6 Å². The number of nitrogens with one attached hydrogen (secondary N) is 1. The normalized spacial score (nSPS) is 12.0. The molecule has 6 nitrogen and oxygen atoms in total. The number of methoxy groups -OCH3 is 2. The van der Waals surface area contributed by atoms with E-state index in [9.17, 15) is 5.11 Å². The van der Waals surface area contributed by atoms with Gasteiger partial charge in [0.15, 0.2) is 11.5 Å². The van der Waals surface area contributed by atoms with Gasteiger partial charge in [0.1, 0.15) is 12.1 Å². The number of nitrogens with zero attached hydrogens (tertiary/aromatic N) is 2. The van der Waals surface area contributed by atoms with Crippen LogP contribution in [0, 0.1) is 0 Å². The van der Waals surface area contributed by atoms with E-state index in [0.717, 1.165) is 16.5 Å². The van der Waals surface area contributed by atoms with E-state index in [0.29, 0.717) is 17.3 Å². The Morgan fingerprint density at radius 1 is 1.04 bits per heavy atom. The number of aliphatic hydroxyl groups is 1. The van der Waals surface area contributed by atoms with Crippen LogP contribution in [0.2, 0.25) is 0 Å². The van der Waals surface area contributed by atoms with Crippen molar-refractivity contribution in [2.45, 2.75) is 6.04 Å². The highest BCUT2D eigenvalue weighted by Crippen LogP contribution is 2.34. The Morgan fingerprint density at radius 3 is 2.42 bits per heavy atom. The molecule has 1 aromatic heterocycles. The number of aliphatic hydroxyl groups excluding tert-OH is 1. The van der Waals surface area contributed by atoms with Gasteiger partial charge < -0.3 is 19.9 Å². The zero-order valence-corrected chi connectivity index (χ0v) is 13.6. The van der Waals surface area contributed by atoms with Crippen LogP contribution in [0.15, 0.2) is 48.8 Å². The number of rotatable bonds is 6. The summed E-state index contributed by atoms with van der Waals surface area (Å²) in [7, 11) is 3.17. The van der Waals surface area contributed by atoms with E-state index in [2.05, 4.69) is 15.3 Å². The van der Waals surface area contributed by atoms with Crippen molar-refractivity contribution in [2.24, 2.45) is 0 Å². The van der Waals surface area contributed by atoms with Crippen LogP contribution >= 0.6 is 0 Å². The van der Waals surface area contributed by atoms with Crippen molar-refractivity contribution in [3.8, 4) is 11.5 Å². The van der Waals surface area contributed by atoms with Gasteiger partial charge in [0.2, 0.25) is 0 Å². The summed E-state index contributed by atoms with van der Waals surface area (Å²) in [5, 5.41) is 13.8. The van der Waals surface area contributed by atoms with Gasteiger partial charge in [-0.3, -0.25) is 0 Å². The Hall–Kier alpha value is -2.86. The quantitative estimate of drug-likeness (QED) is 0.726. The molecular weight excluding hydrogens is 306 g/mol. The zero-order valence-electron chi connectivity index (χ0n) is 13.6.